The molecule has 7 heteroatoms. The van der Waals surface area contributed by atoms with Crippen molar-refractivity contribution in [3.05, 3.63) is 62.7 Å². The minimum atomic E-state index is -0.167. The highest BCUT2D eigenvalue weighted by Gasteiger charge is 2.42. The molecule has 1 fully saturated rings. The molecule has 1 aliphatic rings. The van der Waals surface area contributed by atoms with E-state index < -0.39 is 0 Å². The van der Waals surface area contributed by atoms with E-state index >= 15 is 0 Å². The lowest BCUT2D eigenvalue weighted by molar-refractivity contribution is 0.478. The first-order valence-corrected chi connectivity index (χ1v) is 10.1. The van der Waals surface area contributed by atoms with Crippen molar-refractivity contribution in [2.45, 2.75) is 18.3 Å². The summed E-state index contributed by atoms with van der Waals surface area (Å²) in [5.74, 6) is 0.0970. The molecule has 2 aromatic carbocycles. The Morgan fingerprint density at radius 3 is 2.57 bits per heavy atom. The SMILES string of the molecule is Cl.NCC1(c2ccc(-c3c(O)cc(Cl)c4[nH]c(=O)c5sccc5c34)cc2)CC1. The number of aromatic amines is 1. The van der Waals surface area contributed by atoms with Gasteiger partial charge in [0.05, 0.1) is 10.5 Å². The van der Waals surface area contributed by atoms with Crippen LogP contribution in [0, 0.1) is 0 Å². The van der Waals surface area contributed by atoms with Crippen LogP contribution in [-0.4, -0.2) is 16.6 Å². The van der Waals surface area contributed by atoms with Gasteiger partial charge in [0.15, 0.2) is 0 Å². The van der Waals surface area contributed by atoms with E-state index in [1.807, 2.05) is 23.6 Å². The van der Waals surface area contributed by atoms with Gasteiger partial charge in [-0.1, -0.05) is 35.9 Å². The quantitative estimate of drug-likeness (QED) is 0.417. The molecule has 4 N–H and O–H groups in total. The van der Waals surface area contributed by atoms with Crippen LogP contribution in [0.2, 0.25) is 5.02 Å². The number of nitrogens with one attached hydrogen (secondary N) is 1. The smallest absolute Gasteiger partial charge is 0.266 e. The van der Waals surface area contributed by atoms with Crippen LogP contribution in [0.3, 0.4) is 0 Å². The van der Waals surface area contributed by atoms with E-state index in [4.69, 9.17) is 17.3 Å². The summed E-state index contributed by atoms with van der Waals surface area (Å²) in [6.07, 6.45) is 2.24. The Hall–Kier alpha value is -2.05. The van der Waals surface area contributed by atoms with Crippen LogP contribution >= 0.6 is 35.3 Å². The van der Waals surface area contributed by atoms with E-state index in [9.17, 15) is 9.90 Å². The second kappa shape index (κ2) is 6.78. The number of rotatable bonds is 3. The number of hydrogen-bond acceptors (Lipinski definition) is 4. The molecule has 0 radical (unpaired) electrons. The van der Waals surface area contributed by atoms with Crippen LogP contribution in [0.4, 0.5) is 0 Å². The number of benzene rings is 2. The monoisotopic (exact) mass is 432 g/mol. The van der Waals surface area contributed by atoms with E-state index in [-0.39, 0.29) is 29.1 Å². The number of phenols is 1. The van der Waals surface area contributed by atoms with Crippen molar-refractivity contribution in [1.82, 2.24) is 4.98 Å². The van der Waals surface area contributed by atoms with Crippen molar-refractivity contribution in [1.29, 1.82) is 0 Å². The Labute approximate surface area is 176 Å². The Bertz CT molecular complexity index is 1260. The standard InChI is InChI=1S/C21H17ClN2O2S.ClH/c22-14-9-15(25)16(11-1-3-12(4-2-11)21(10-23)6-7-21)17-13-5-8-27-19(13)20(26)24-18(14)17;/h1-5,8-9,25H,6-7,10,23H2,(H,24,26);1H. The molecule has 0 amide bonds. The highest BCUT2D eigenvalue weighted by molar-refractivity contribution is 7.17. The van der Waals surface area contributed by atoms with E-state index in [1.165, 1.54) is 23.0 Å². The fourth-order valence-corrected chi connectivity index (χ4v) is 4.97. The first-order chi connectivity index (χ1) is 13.0. The molecule has 0 bridgehead atoms. The normalized spacial score (nSPS) is 14.9. The molecule has 0 unspecified atom stereocenters. The molecule has 2 heterocycles. The van der Waals surface area contributed by atoms with Crippen LogP contribution in [0.25, 0.3) is 32.1 Å². The largest absolute Gasteiger partial charge is 0.507 e. The van der Waals surface area contributed by atoms with E-state index in [0.717, 1.165) is 29.2 Å². The molecule has 0 aliphatic heterocycles. The van der Waals surface area contributed by atoms with Gasteiger partial charge in [0.2, 0.25) is 0 Å². The molecule has 4 aromatic rings. The van der Waals surface area contributed by atoms with Crippen LogP contribution < -0.4 is 11.3 Å². The lowest BCUT2D eigenvalue weighted by Gasteiger charge is -2.15. The molecular formula is C21H18Cl2N2O2S. The first kappa shape index (κ1) is 19.3. The zero-order valence-corrected chi connectivity index (χ0v) is 17.2. The molecule has 2 aromatic heterocycles. The van der Waals surface area contributed by atoms with Crippen molar-refractivity contribution in [3.63, 3.8) is 0 Å². The van der Waals surface area contributed by atoms with Crippen LogP contribution in [0.15, 0.2) is 46.6 Å². The molecule has 4 nitrogen and oxygen atoms in total. The molecule has 0 saturated heterocycles. The summed E-state index contributed by atoms with van der Waals surface area (Å²) in [7, 11) is 0. The maximum absolute atomic E-state index is 12.4. The summed E-state index contributed by atoms with van der Waals surface area (Å²) >= 11 is 7.71. The van der Waals surface area contributed by atoms with Crippen molar-refractivity contribution >= 4 is 56.3 Å². The lowest BCUT2D eigenvalue weighted by atomic mass is 9.92. The molecule has 144 valence electrons. The van der Waals surface area contributed by atoms with Gasteiger partial charge in [0.25, 0.3) is 5.56 Å². The third-order valence-corrected chi connectivity index (χ3v) is 6.88. The minimum absolute atomic E-state index is 0. The zero-order chi connectivity index (χ0) is 18.8. The molecule has 5 rings (SSSR count). The maximum Gasteiger partial charge on any atom is 0.266 e. The van der Waals surface area contributed by atoms with Crippen molar-refractivity contribution in [2.75, 3.05) is 6.54 Å². The summed E-state index contributed by atoms with van der Waals surface area (Å²) in [6, 6.07) is 11.6. The third-order valence-electron chi connectivity index (χ3n) is 5.67. The Morgan fingerprint density at radius 1 is 1.21 bits per heavy atom. The second-order valence-electron chi connectivity index (χ2n) is 7.18. The fraction of sp³-hybridized carbons (Fsp3) is 0.190. The van der Waals surface area contributed by atoms with Gasteiger partial charge in [-0.25, -0.2) is 0 Å². The summed E-state index contributed by atoms with van der Waals surface area (Å²) in [5, 5.41) is 14.5. The van der Waals surface area contributed by atoms with Gasteiger partial charge in [0, 0.05) is 34.4 Å². The molecule has 1 saturated carbocycles. The average molecular weight is 433 g/mol. The topological polar surface area (TPSA) is 79.1 Å². The molecule has 0 spiro atoms. The summed E-state index contributed by atoms with van der Waals surface area (Å²) in [5.41, 5.74) is 9.24. The summed E-state index contributed by atoms with van der Waals surface area (Å²) in [6.45, 7) is 0.651. The highest BCUT2D eigenvalue weighted by Crippen LogP contribution is 2.48. The van der Waals surface area contributed by atoms with Gasteiger partial charge < -0.3 is 15.8 Å². The van der Waals surface area contributed by atoms with Gasteiger partial charge in [-0.3, -0.25) is 4.79 Å². The van der Waals surface area contributed by atoms with E-state index in [2.05, 4.69) is 17.1 Å². The molecule has 0 atom stereocenters. The molecule has 28 heavy (non-hydrogen) atoms. The Morgan fingerprint density at radius 2 is 1.93 bits per heavy atom. The number of thiophene rings is 1. The zero-order valence-electron chi connectivity index (χ0n) is 14.8. The van der Waals surface area contributed by atoms with Gasteiger partial charge in [-0.05, 0) is 35.4 Å². The maximum atomic E-state index is 12.4. The highest BCUT2D eigenvalue weighted by atomic mass is 35.5. The summed E-state index contributed by atoms with van der Waals surface area (Å²) < 4.78 is 0.627. The minimum Gasteiger partial charge on any atom is -0.507 e. The number of phenolic OH excluding ortho intramolecular Hbond substituents is 1. The number of pyridine rings is 1. The van der Waals surface area contributed by atoms with Gasteiger partial charge in [-0.2, -0.15) is 0 Å². The number of aromatic hydroxyl groups is 1. The fourth-order valence-electron chi connectivity index (χ4n) is 3.92. The van der Waals surface area contributed by atoms with Crippen molar-refractivity contribution < 1.29 is 5.11 Å². The van der Waals surface area contributed by atoms with E-state index in [1.54, 1.807) is 0 Å². The first-order valence-electron chi connectivity index (χ1n) is 8.80. The van der Waals surface area contributed by atoms with Crippen LogP contribution in [-0.2, 0) is 5.41 Å². The van der Waals surface area contributed by atoms with Gasteiger partial charge in [0.1, 0.15) is 10.4 Å². The van der Waals surface area contributed by atoms with Crippen molar-refractivity contribution in [3.8, 4) is 16.9 Å². The third kappa shape index (κ3) is 2.73. The van der Waals surface area contributed by atoms with Crippen molar-refractivity contribution in [2.24, 2.45) is 5.73 Å². The summed E-state index contributed by atoms with van der Waals surface area (Å²) in [4.78, 5) is 15.2. The van der Waals surface area contributed by atoms with Gasteiger partial charge >= 0.3 is 0 Å². The number of aromatic nitrogens is 1. The van der Waals surface area contributed by atoms with Crippen LogP contribution in [0.1, 0.15) is 18.4 Å². The average Bonchev–Trinajstić information content (AvgIpc) is 3.31. The van der Waals surface area contributed by atoms with Crippen LogP contribution in [0.5, 0.6) is 5.75 Å². The second-order valence-corrected chi connectivity index (χ2v) is 8.51. The number of hydrogen-bond donors (Lipinski definition) is 3. The number of H-pyrrole nitrogens is 1. The predicted octanol–water partition coefficient (Wildman–Crippen LogP) is 5.18. The Balaban J connectivity index is 0.00000192. The molecular weight excluding hydrogens is 415 g/mol. The van der Waals surface area contributed by atoms with Gasteiger partial charge in [-0.15, -0.1) is 23.7 Å². The number of halogens is 2. The Kier molecular flexibility index (Phi) is 4.67. The molecule has 1 aliphatic carbocycles. The predicted molar refractivity (Wildman–Crippen MR) is 119 cm³/mol. The lowest BCUT2D eigenvalue weighted by Crippen LogP contribution is -2.19. The number of fused-ring (bicyclic) bond motifs is 3. The number of nitrogens with two attached hydrogens (primary N) is 1. The van der Waals surface area contributed by atoms with E-state index in [0.29, 0.717) is 27.3 Å².